The molecule has 1 N–H and O–H groups in total. The first-order chi connectivity index (χ1) is 15.4. The van der Waals surface area contributed by atoms with Gasteiger partial charge in [0.25, 0.3) is 11.5 Å². The van der Waals surface area contributed by atoms with E-state index in [-0.39, 0.29) is 12.2 Å². The van der Waals surface area contributed by atoms with Gasteiger partial charge in [-0.3, -0.25) is 14.2 Å². The Morgan fingerprint density at radius 3 is 2.44 bits per heavy atom. The van der Waals surface area contributed by atoms with Gasteiger partial charge in [0.05, 0.1) is 26.5 Å². The lowest BCUT2D eigenvalue weighted by molar-refractivity contribution is 0.0944. The van der Waals surface area contributed by atoms with Crippen molar-refractivity contribution in [3.05, 3.63) is 80.1 Å². The maximum absolute atomic E-state index is 13.3. The van der Waals surface area contributed by atoms with Gasteiger partial charge in [-0.25, -0.2) is 4.79 Å². The molecule has 1 aromatic heterocycles. The van der Waals surface area contributed by atoms with E-state index in [9.17, 15) is 14.4 Å². The fraction of sp³-hybridized carbons (Fsp3) is 0.304. The number of hydrogen-bond donors (Lipinski definition) is 1. The first-order valence-corrected chi connectivity index (χ1v) is 10.2. The fourth-order valence-corrected chi connectivity index (χ4v) is 3.20. The summed E-state index contributed by atoms with van der Waals surface area (Å²) in [6.07, 6.45) is 0.693. The summed E-state index contributed by atoms with van der Waals surface area (Å²) in [4.78, 5) is 39.1. The van der Waals surface area contributed by atoms with E-state index in [2.05, 4.69) is 10.4 Å². The molecule has 0 bridgehead atoms. The van der Waals surface area contributed by atoms with Crippen LogP contribution in [0.2, 0.25) is 0 Å². The zero-order chi connectivity index (χ0) is 23.3. The highest BCUT2D eigenvalue weighted by Crippen LogP contribution is 2.28. The third-order valence-corrected chi connectivity index (χ3v) is 5.01. The van der Waals surface area contributed by atoms with Crippen LogP contribution in [0, 0.1) is 6.92 Å². The number of aromatic nitrogens is 3. The average Bonchev–Trinajstić information content (AvgIpc) is 2.81. The number of rotatable bonds is 8. The number of hydrogen-bond acceptors (Lipinski definition) is 6. The molecule has 168 valence electrons. The number of aryl methyl sites for hydroxylation is 1. The predicted octanol–water partition coefficient (Wildman–Crippen LogP) is 1.91. The van der Waals surface area contributed by atoms with Crippen molar-refractivity contribution in [3.8, 4) is 17.2 Å². The summed E-state index contributed by atoms with van der Waals surface area (Å²) in [5.41, 5.74) is 0.264. The third kappa shape index (κ3) is 4.56. The molecule has 2 aromatic carbocycles. The minimum atomic E-state index is -0.747. The average molecular weight is 438 g/mol. The van der Waals surface area contributed by atoms with Crippen molar-refractivity contribution < 1.29 is 14.3 Å². The molecule has 0 atom stereocenters. The second-order valence-electron chi connectivity index (χ2n) is 7.16. The van der Waals surface area contributed by atoms with Crippen molar-refractivity contribution in [3.63, 3.8) is 0 Å². The molecule has 0 saturated carbocycles. The van der Waals surface area contributed by atoms with Crippen LogP contribution >= 0.6 is 0 Å². The molecule has 3 rings (SSSR count). The standard InChI is InChI=1S/C23H26N4O5/c1-5-12-24-21(28)20-22(29)26(14-16-9-7-6-8-15(16)2)23(30)27(25-20)17-10-11-18(31-3)19(13-17)32-4/h6-11,13H,5,12,14H2,1-4H3,(H,24,28). The highest BCUT2D eigenvalue weighted by molar-refractivity contribution is 5.91. The van der Waals surface area contributed by atoms with Crippen LogP contribution < -0.4 is 26.0 Å². The van der Waals surface area contributed by atoms with Crippen LogP contribution in [-0.2, 0) is 6.54 Å². The van der Waals surface area contributed by atoms with E-state index in [0.717, 1.165) is 20.4 Å². The quantitative estimate of drug-likeness (QED) is 0.576. The predicted molar refractivity (Wildman–Crippen MR) is 120 cm³/mol. The lowest BCUT2D eigenvalue weighted by atomic mass is 10.1. The van der Waals surface area contributed by atoms with Crippen molar-refractivity contribution in [1.82, 2.24) is 19.7 Å². The van der Waals surface area contributed by atoms with Crippen LogP contribution in [-0.4, -0.2) is 41.0 Å². The van der Waals surface area contributed by atoms with Gasteiger partial charge in [-0.05, 0) is 36.6 Å². The van der Waals surface area contributed by atoms with E-state index in [4.69, 9.17) is 9.47 Å². The van der Waals surface area contributed by atoms with Gasteiger partial charge >= 0.3 is 5.69 Å². The largest absolute Gasteiger partial charge is 0.493 e. The minimum absolute atomic E-state index is 0.00814. The number of carbonyl (C=O) groups is 1. The van der Waals surface area contributed by atoms with E-state index < -0.39 is 17.2 Å². The van der Waals surface area contributed by atoms with E-state index >= 15 is 0 Å². The number of methoxy groups -OCH3 is 2. The first-order valence-electron chi connectivity index (χ1n) is 10.2. The SMILES string of the molecule is CCCNC(=O)c1nn(-c2ccc(OC)c(OC)c2)c(=O)n(Cc2ccccc2C)c1=O. The first kappa shape index (κ1) is 22.8. The molecule has 0 saturated heterocycles. The Bertz CT molecular complexity index is 1250. The Hall–Kier alpha value is -3.88. The molecule has 0 spiro atoms. The summed E-state index contributed by atoms with van der Waals surface area (Å²) in [7, 11) is 2.97. The van der Waals surface area contributed by atoms with Gasteiger partial charge in [0, 0.05) is 12.6 Å². The van der Waals surface area contributed by atoms with E-state index in [1.807, 2.05) is 38.1 Å². The zero-order valence-electron chi connectivity index (χ0n) is 18.5. The molecule has 32 heavy (non-hydrogen) atoms. The minimum Gasteiger partial charge on any atom is -0.493 e. The van der Waals surface area contributed by atoms with Gasteiger partial charge in [-0.15, -0.1) is 0 Å². The highest BCUT2D eigenvalue weighted by atomic mass is 16.5. The lowest BCUT2D eigenvalue weighted by Gasteiger charge is -2.14. The fourth-order valence-electron chi connectivity index (χ4n) is 3.20. The Labute approximate surface area is 185 Å². The summed E-state index contributed by atoms with van der Waals surface area (Å²) in [5.74, 6) is 0.218. The molecule has 9 heteroatoms. The maximum Gasteiger partial charge on any atom is 0.352 e. The number of ether oxygens (including phenoxy) is 2. The van der Waals surface area contributed by atoms with Crippen molar-refractivity contribution in [2.45, 2.75) is 26.8 Å². The summed E-state index contributed by atoms with van der Waals surface area (Å²) in [5, 5.41) is 6.77. The van der Waals surface area contributed by atoms with Crippen LogP contribution in [0.1, 0.15) is 35.0 Å². The van der Waals surface area contributed by atoms with Crippen molar-refractivity contribution in [2.24, 2.45) is 0 Å². The molecule has 1 amide bonds. The van der Waals surface area contributed by atoms with Gasteiger partial charge in [0.15, 0.2) is 11.5 Å². The molecular weight excluding hydrogens is 412 g/mol. The van der Waals surface area contributed by atoms with Crippen molar-refractivity contribution in [2.75, 3.05) is 20.8 Å². The summed E-state index contributed by atoms with van der Waals surface area (Å²) in [6, 6.07) is 12.2. The number of benzene rings is 2. The van der Waals surface area contributed by atoms with Crippen LogP contribution in [0.15, 0.2) is 52.1 Å². The maximum atomic E-state index is 13.3. The Morgan fingerprint density at radius 1 is 1.06 bits per heavy atom. The number of nitrogens with zero attached hydrogens (tertiary/aromatic N) is 3. The van der Waals surface area contributed by atoms with Gasteiger partial charge in [0.1, 0.15) is 0 Å². The Balaban J connectivity index is 2.23. The molecule has 0 aliphatic heterocycles. The van der Waals surface area contributed by atoms with Crippen LogP contribution in [0.25, 0.3) is 5.69 Å². The van der Waals surface area contributed by atoms with Crippen LogP contribution in [0.4, 0.5) is 0 Å². The molecule has 0 fully saturated rings. The molecule has 0 aliphatic rings. The topological polar surface area (TPSA) is 104 Å². The third-order valence-electron chi connectivity index (χ3n) is 5.01. The summed E-state index contributed by atoms with van der Waals surface area (Å²) in [6.45, 7) is 4.18. The Kier molecular flexibility index (Phi) is 7.09. The molecule has 1 heterocycles. The molecule has 0 aliphatic carbocycles. The zero-order valence-corrected chi connectivity index (χ0v) is 18.5. The molecule has 0 radical (unpaired) electrons. The van der Waals surface area contributed by atoms with E-state index in [1.165, 1.54) is 14.2 Å². The number of carbonyl (C=O) groups excluding carboxylic acids is 1. The van der Waals surface area contributed by atoms with Gasteiger partial charge in [-0.2, -0.15) is 9.78 Å². The van der Waals surface area contributed by atoms with Crippen molar-refractivity contribution >= 4 is 5.91 Å². The molecule has 9 nitrogen and oxygen atoms in total. The number of amides is 1. The molecular formula is C23H26N4O5. The molecule has 0 unspecified atom stereocenters. The van der Waals surface area contributed by atoms with Crippen LogP contribution in [0.5, 0.6) is 11.5 Å². The van der Waals surface area contributed by atoms with Gasteiger partial charge in [0.2, 0.25) is 5.69 Å². The second kappa shape index (κ2) is 9.95. The van der Waals surface area contributed by atoms with E-state index in [1.54, 1.807) is 18.2 Å². The monoisotopic (exact) mass is 438 g/mol. The van der Waals surface area contributed by atoms with Crippen LogP contribution in [0.3, 0.4) is 0 Å². The van der Waals surface area contributed by atoms with Gasteiger partial charge in [-0.1, -0.05) is 31.2 Å². The summed E-state index contributed by atoms with van der Waals surface area (Å²) >= 11 is 0. The van der Waals surface area contributed by atoms with Crippen molar-refractivity contribution in [1.29, 1.82) is 0 Å². The Morgan fingerprint density at radius 2 is 1.78 bits per heavy atom. The summed E-state index contributed by atoms with van der Waals surface area (Å²) < 4.78 is 12.6. The van der Waals surface area contributed by atoms with E-state index in [0.29, 0.717) is 30.2 Å². The second-order valence-corrected chi connectivity index (χ2v) is 7.16. The number of nitrogens with one attached hydrogen (secondary N) is 1. The smallest absolute Gasteiger partial charge is 0.352 e. The lowest BCUT2D eigenvalue weighted by Crippen LogP contribution is -2.46. The highest BCUT2D eigenvalue weighted by Gasteiger charge is 2.21. The normalized spacial score (nSPS) is 10.6. The molecule has 3 aromatic rings. The van der Waals surface area contributed by atoms with Gasteiger partial charge < -0.3 is 14.8 Å².